The molecule has 6 aliphatic rings. The Morgan fingerprint density at radius 2 is 0.593 bits per heavy atom. The second-order valence-corrected chi connectivity index (χ2v) is 55.6. The molecule has 0 aliphatic carbocycles. The fourth-order valence-corrected chi connectivity index (χ4v) is 41.7. The molecule has 18 rings (SSSR count). The van der Waals surface area contributed by atoms with Crippen molar-refractivity contribution < 1.29 is 105 Å². The number of rotatable bonds is 24. The Labute approximate surface area is 812 Å². The SMILES string of the molecule is CC(C)[Si]1(C(C)C)OC[C@H]2O[C@@H](n3cnc4c(NC(=O)c5ccccc5)ncnc43)[C@H](CO)C2O[Si](C(C)C)(C(C)C)O1.CC(C)[Si]1(C(C)C)OC[C@H]2O[C@@H](n3cnc4c(NC(=O)c5ccccc5)ncnc43)[C@H](O)C2O[Si](C(C)C)(C(C)C)O1.O=C(Nc1ncnc2c1ncn2[C@@H]1O[C@H](CO)C(O)[C@H]1CO)c1ccccc1.O=C(Nc1ncnc2c1ncn2[C@@H]1O[C@H](CO)C(O)[C@H]1O)c1ccccc1. The molecule has 4 amide bonds. The van der Waals surface area contributed by atoms with Crippen LogP contribution in [0.5, 0.6) is 0 Å². The molecule has 0 radical (unpaired) electrons. The number of fused-ring (bicyclic) bond motifs is 6. The maximum Gasteiger partial charge on any atom is 0.335 e. The molecule has 748 valence electrons. The third-order valence-electron chi connectivity index (χ3n) is 26.7. The minimum absolute atomic E-state index is 0.119. The monoisotopic (exact) mass is 2000 g/mol. The Hall–Kier alpha value is -10.9. The molecule has 0 saturated carbocycles. The lowest BCUT2D eigenvalue weighted by Crippen LogP contribution is -2.65. The molecule has 6 fully saturated rings. The van der Waals surface area contributed by atoms with E-state index in [-0.39, 0.29) is 112 Å². The topological polar surface area (TPSA) is 545 Å². The van der Waals surface area contributed by atoms with E-state index in [4.69, 9.17) is 44.9 Å². The molecule has 46 heteroatoms. The lowest BCUT2D eigenvalue weighted by atomic mass is 10.0. The van der Waals surface area contributed by atoms with E-state index in [9.17, 15) is 60.0 Å². The first-order valence-electron chi connectivity index (χ1n) is 47.1. The summed E-state index contributed by atoms with van der Waals surface area (Å²) in [5, 5.41) is 92.2. The highest BCUT2D eigenvalue weighted by molar-refractivity contribution is 6.84. The second-order valence-electron chi connectivity index (χ2n) is 37.9. The summed E-state index contributed by atoms with van der Waals surface area (Å²) in [6.45, 7) is 33.9. The first kappa shape index (κ1) is 103. The van der Waals surface area contributed by atoms with Crippen LogP contribution in [-0.4, -0.2) is 277 Å². The van der Waals surface area contributed by atoms with Gasteiger partial charge in [-0.1, -0.05) is 184 Å². The van der Waals surface area contributed by atoms with Crippen molar-refractivity contribution >= 4 is 126 Å². The number of nitrogens with one attached hydrogen (secondary N) is 4. The van der Waals surface area contributed by atoms with E-state index in [0.717, 1.165) is 0 Å². The van der Waals surface area contributed by atoms with Gasteiger partial charge in [-0.25, -0.2) is 59.8 Å². The summed E-state index contributed by atoms with van der Waals surface area (Å²) in [6.07, 6.45) is -0.277. The maximum atomic E-state index is 12.9. The van der Waals surface area contributed by atoms with Crippen LogP contribution in [0.25, 0.3) is 44.7 Å². The number of nitrogens with zero attached hydrogens (tertiary/aromatic N) is 16. The zero-order valence-corrected chi connectivity index (χ0v) is 84.7. The summed E-state index contributed by atoms with van der Waals surface area (Å²) < 4.78 is 73.4. The normalized spacial score (nSPS) is 25.2. The van der Waals surface area contributed by atoms with E-state index in [1.807, 2.05) is 24.3 Å². The predicted molar refractivity (Wildman–Crippen MR) is 521 cm³/mol. The largest absolute Gasteiger partial charge is 0.414 e. The lowest BCUT2D eigenvalue weighted by Gasteiger charge is -2.51. The number of aliphatic hydroxyl groups excluding tert-OH is 8. The highest BCUT2D eigenvalue weighted by atomic mass is 28.5. The van der Waals surface area contributed by atoms with Gasteiger partial charge in [0.05, 0.1) is 89.0 Å². The Balaban J connectivity index is 0.000000144. The number of aromatic nitrogens is 16. The Morgan fingerprint density at radius 3 is 0.893 bits per heavy atom. The zero-order chi connectivity index (χ0) is 100. The number of anilines is 4. The van der Waals surface area contributed by atoms with Crippen molar-refractivity contribution in [3.05, 3.63) is 194 Å². The number of ether oxygens (including phenoxy) is 4. The number of carbonyl (C=O) groups excluding carboxylic acids is 4. The van der Waals surface area contributed by atoms with Gasteiger partial charge < -0.3 is 107 Å². The van der Waals surface area contributed by atoms with Crippen molar-refractivity contribution in [1.82, 2.24) is 78.1 Å². The molecule has 14 heterocycles. The summed E-state index contributed by atoms with van der Waals surface area (Å²) in [5.74, 6) is -1.37. The van der Waals surface area contributed by atoms with Gasteiger partial charge in [0.1, 0.15) is 86.6 Å². The first-order chi connectivity index (χ1) is 67.1. The van der Waals surface area contributed by atoms with Gasteiger partial charge in [-0.15, -0.1) is 0 Å². The van der Waals surface area contributed by atoms with Crippen molar-refractivity contribution in [2.24, 2.45) is 11.8 Å². The molecular weight excluding hydrogens is 1870 g/mol. The van der Waals surface area contributed by atoms with Crippen molar-refractivity contribution in [3.63, 3.8) is 0 Å². The van der Waals surface area contributed by atoms with Crippen LogP contribution < -0.4 is 21.3 Å². The molecule has 12 aromatic rings. The average Bonchev–Trinajstić information content (AvgIpc) is 1.52. The van der Waals surface area contributed by atoms with Gasteiger partial charge in [0.2, 0.25) is 0 Å². The summed E-state index contributed by atoms with van der Waals surface area (Å²) in [4.78, 5) is 102. The Morgan fingerprint density at radius 1 is 0.321 bits per heavy atom. The Bertz CT molecular complexity index is 6210. The van der Waals surface area contributed by atoms with E-state index >= 15 is 0 Å². The molecule has 42 nitrogen and oxygen atoms in total. The molecular formula is C94H124N20O22Si4. The van der Waals surface area contributed by atoms with Crippen LogP contribution in [0.3, 0.4) is 0 Å². The van der Waals surface area contributed by atoms with Gasteiger partial charge in [0.25, 0.3) is 23.6 Å². The smallest absolute Gasteiger partial charge is 0.335 e. The standard InChI is InChI=1S/C30H45N5O6Si2.C29H43N5O6Si2.C18H19N5O5.C17H17N5O5/c1-18(2)42(19(3)4)38-15-24-26(40-43(41-42,20(5)6)21(7)8)23(14-36)30(39-24)35-17-33-25-27(31-16-32-28(25)35)34-29(37)22-12-10-9-11-13-22;1-17(2)41(18(3)4)37-14-22-25(39-42(40-41,19(5)6)20(7)8)24(35)29(38-22)34-16-32-23-26(30-15-31-27(23)34)33-28(36)21-12-10-9-11-13-21;24-6-11-14(26)12(7-25)28-18(11)23-9-21-13-15(19-8-20-16(13)23)22-17(27)10-4-2-1-3-5-10;23-6-10-12(24)13(25)17(27-10)22-8-20-11-14(18-7-19-15(11)22)21-16(26)9-4-2-1-3-5-9/h9-13,16-21,23-24,26,30,36H,14-15H2,1-8H3,(H,31,32,34,37);9-13,15-20,22,24-25,29,35H,14H2,1-8H3,(H,30,31,33,36);1-5,8-9,11-12,14,18,24-26H,6-7H2,(H,19,20,22,27);1-5,7-8,10,12-13,17,23-25H,6H2,(H,18,19,21,26)/t23-,24-,26?,30-;22-,24-,25?,29-;11-,12-,14?,18-;10-,12?,13-,17-/m1111/s1. The number of hydrogen-bond donors (Lipinski definition) is 12. The molecule has 4 unspecified atom stereocenters. The summed E-state index contributed by atoms with van der Waals surface area (Å²) in [6, 6.07) is 35.2. The van der Waals surface area contributed by atoms with Crippen molar-refractivity contribution in [3.8, 4) is 0 Å². The zero-order valence-electron chi connectivity index (χ0n) is 80.7. The second kappa shape index (κ2) is 43.9. The van der Waals surface area contributed by atoms with Gasteiger partial charge >= 0.3 is 34.2 Å². The van der Waals surface area contributed by atoms with E-state index in [1.165, 1.54) is 42.5 Å². The summed E-state index contributed by atoms with van der Waals surface area (Å²) in [7, 11) is -11.3. The minimum atomic E-state index is -2.94. The molecule has 8 aromatic heterocycles. The number of carbonyl (C=O) groups is 4. The highest BCUT2D eigenvalue weighted by Gasteiger charge is 2.64. The molecule has 12 N–H and O–H groups in total. The van der Waals surface area contributed by atoms with Crippen LogP contribution >= 0.6 is 0 Å². The third-order valence-corrected chi connectivity index (χ3v) is 47.2. The van der Waals surface area contributed by atoms with E-state index in [2.05, 4.69) is 192 Å². The number of amides is 4. The van der Waals surface area contributed by atoms with Crippen LogP contribution in [0.2, 0.25) is 44.3 Å². The average molecular weight is 2000 g/mol. The molecule has 6 aliphatic heterocycles. The number of aliphatic hydroxyl groups is 8. The van der Waals surface area contributed by atoms with E-state index < -0.39 is 139 Å². The Kier molecular flexibility index (Phi) is 32.5. The van der Waals surface area contributed by atoms with E-state index in [0.29, 0.717) is 79.3 Å². The van der Waals surface area contributed by atoms with Crippen molar-refractivity contribution in [1.29, 1.82) is 0 Å². The van der Waals surface area contributed by atoms with Crippen molar-refractivity contribution in [2.45, 2.75) is 241 Å². The fourth-order valence-electron chi connectivity index (χ4n) is 19.2. The number of imidazole rings is 4. The van der Waals surface area contributed by atoms with Crippen molar-refractivity contribution in [2.75, 3.05) is 60.9 Å². The first-order valence-corrected chi connectivity index (χ1v) is 54.9. The molecule has 0 spiro atoms. The summed E-state index contributed by atoms with van der Waals surface area (Å²) in [5.41, 5.74) is 6.34. The quantitative estimate of drug-likeness (QED) is 0.0250. The predicted octanol–water partition coefficient (Wildman–Crippen LogP) is 10.5. The van der Waals surface area contributed by atoms with Gasteiger partial charge in [-0.05, 0) is 92.9 Å². The molecule has 6 saturated heterocycles. The van der Waals surface area contributed by atoms with Crippen LogP contribution in [0, 0.1) is 11.8 Å². The lowest BCUT2D eigenvalue weighted by molar-refractivity contribution is -0.0570. The van der Waals surface area contributed by atoms with Crippen LogP contribution in [-0.2, 0) is 44.9 Å². The maximum absolute atomic E-state index is 12.9. The fraction of sp³-hybridized carbons (Fsp3) is 0.489. The number of hydrogen-bond acceptors (Lipinski definition) is 34. The highest BCUT2D eigenvalue weighted by Crippen LogP contribution is 2.53. The van der Waals surface area contributed by atoms with Gasteiger partial charge in [0, 0.05) is 22.3 Å². The molecule has 4 aromatic carbocycles. The van der Waals surface area contributed by atoms with Gasteiger partial charge in [-0.3, -0.25) is 37.4 Å². The molecule has 16 atom stereocenters. The molecule has 0 bridgehead atoms. The summed E-state index contributed by atoms with van der Waals surface area (Å²) >= 11 is 0. The third kappa shape index (κ3) is 20.4. The minimum Gasteiger partial charge on any atom is -0.414 e. The van der Waals surface area contributed by atoms with Gasteiger partial charge in [-0.2, -0.15) is 0 Å². The van der Waals surface area contributed by atoms with Crippen LogP contribution in [0.15, 0.2) is 172 Å². The van der Waals surface area contributed by atoms with Gasteiger partial charge in [0.15, 0.2) is 80.4 Å². The molecule has 140 heavy (non-hydrogen) atoms. The number of benzene rings is 4. The van der Waals surface area contributed by atoms with E-state index in [1.54, 1.807) is 123 Å². The van der Waals surface area contributed by atoms with Crippen LogP contribution in [0.4, 0.5) is 23.3 Å². The van der Waals surface area contributed by atoms with Crippen LogP contribution in [0.1, 0.15) is 177 Å².